The van der Waals surface area contributed by atoms with Crippen LogP contribution in [0.2, 0.25) is 4.34 Å². The van der Waals surface area contributed by atoms with Crippen LogP contribution >= 0.6 is 34.3 Å². The molecule has 2 aromatic heterocycles. The molecule has 0 aliphatic heterocycles. The van der Waals surface area contributed by atoms with Crippen molar-refractivity contribution >= 4 is 34.3 Å². The van der Waals surface area contributed by atoms with Crippen LogP contribution in [0.5, 0.6) is 0 Å². The number of thiophene rings is 1. The second-order valence-electron chi connectivity index (χ2n) is 4.29. The van der Waals surface area contributed by atoms with Gasteiger partial charge < -0.3 is 5.32 Å². The summed E-state index contributed by atoms with van der Waals surface area (Å²) in [5.74, 6) is 0.671. The van der Waals surface area contributed by atoms with E-state index in [1.165, 1.54) is 0 Å². The molecule has 0 amide bonds. The quantitative estimate of drug-likeness (QED) is 0.888. The van der Waals surface area contributed by atoms with Crippen LogP contribution < -0.4 is 5.32 Å². The molecule has 2 aromatic rings. The van der Waals surface area contributed by atoms with Crippen molar-refractivity contribution in [2.24, 2.45) is 5.92 Å². The van der Waals surface area contributed by atoms with Crippen LogP contribution in [0.1, 0.15) is 18.9 Å². The molecule has 2 nitrogen and oxygen atoms in total. The van der Waals surface area contributed by atoms with Crippen molar-refractivity contribution in [1.29, 1.82) is 0 Å². The molecule has 0 atom stereocenters. The summed E-state index contributed by atoms with van der Waals surface area (Å²) >= 11 is 9.16. The lowest BCUT2D eigenvalue weighted by Gasteiger charge is -2.04. The zero-order valence-corrected chi connectivity index (χ0v) is 12.3. The molecule has 17 heavy (non-hydrogen) atoms. The lowest BCUT2D eigenvalue weighted by Crippen LogP contribution is -2.18. The van der Waals surface area contributed by atoms with E-state index in [0.29, 0.717) is 5.92 Å². The second-order valence-corrected chi connectivity index (χ2v) is 6.78. The van der Waals surface area contributed by atoms with E-state index in [4.69, 9.17) is 11.6 Å². The van der Waals surface area contributed by atoms with Crippen LogP contribution in [0.3, 0.4) is 0 Å². The van der Waals surface area contributed by atoms with Crippen molar-refractivity contribution in [3.05, 3.63) is 26.2 Å². The third kappa shape index (κ3) is 3.78. The van der Waals surface area contributed by atoms with Gasteiger partial charge in [0, 0.05) is 22.9 Å². The predicted molar refractivity (Wildman–Crippen MR) is 77.0 cm³/mol. The van der Waals surface area contributed by atoms with Gasteiger partial charge >= 0.3 is 0 Å². The zero-order valence-electron chi connectivity index (χ0n) is 9.87. The van der Waals surface area contributed by atoms with Crippen molar-refractivity contribution in [2.75, 3.05) is 6.54 Å². The van der Waals surface area contributed by atoms with E-state index >= 15 is 0 Å². The largest absolute Gasteiger partial charge is 0.310 e. The third-order valence-electron chi connectivity index (χ3n) is 2.24. The van der Waals surface area contributed by atoms with Crippen molar-refractivity contribution in [3.63, 3.8) is 0 Å². The molecule has 0 saturated heterocycles. The normalized spacial score (nSPS) is 11.3. The van der Waals surface area contributed by atoms with Gasteiger partial charge in [0.2, 0.25) is 0 Å². The van der Waals surface area contributed by atoms with Crippen LogP contribution in [-0.2, 0) is 6.54 Å². The highest BCUT2D eigenvalue weighted by atomic mass is 35.5. The lowest BCUT2D eigenvalue weighted by molar-refractivity contribution is 0.551. The first kappa shape index (κ1) is 13.0. The zero-order chi connectivity index (χ0) is 12.3. The minimum atomic E-state index is 0.671. The Hall–Kier alpha value is -0.420. The van der Waals surface area contributed by atoms with E-state index in [1.54, 1.807) is 22.7 Å². The predicted octanol–water partition coefficient (Wildman–Crippen LogP) is 4.27. The van der Waals surface area contributed by atoms with Crippen LogP contribution in [-0.4, -0.2) is 11.5 Å². The monoisotopic (exact) mass is 286 g/mol. The third-order valence-corrected chi connectivity index (χ3v) is 4.18. The van der Waals surface area contributed by atoms with Crippen molar-refractivity contribution < 1.29 is 0 Å². The van der Waals surface area contributed by atoms with Gasteiger partial charge in [-0.2, -0.15) is 0 Å². The summed E-state index contributed by atoms with van der Waals surface area (Å²) in [6.07, 6.45) is 0. The molecule has 0 saturated carbocycles. The minimum Gasteiger partial charge on any atom is -0.310 e. The van der Waals surface area contributed by atoms with Crippen LogP contribution in [0, 0.1) is 5.92 Å². The minimum absolute atomic E-state index is 0.671. The summed E-state index contributed by atoms with van der Waals surface area (Å²) in [7, 11) is 0. The fourth-order valence-electron chi connectivity index (χ4n) is 1.44. The molecule has 2 heterocycles. The van der Waals surface area contributed by atoms with Gasteiger partial charge in [0.1, 0.15) is 5.01 Å². The number of halogens is 1. The summed E-state index contributed by atoms with van der Waals surface area (Å²) in [4.78, 5) is 4.59. The Kier molecular flexibility index (Phi) is 4.56. The summed E-state index contributed by atoms with van der Waals surface area (Å²) < 4.78 is 0.812. The van der Waals surface area contributed by atoms with Crippen LogP contribution in [0.4, 0.5) is 0 Å². The number of rotatable bonds is 5. The maximum Gasteiger partial charge on any atom is 0.107 e. The standard InChI is InChI=1S/C12H15ClN2S2/c1-8(2)4-14-5-12-15-10(7-17-12)9-3-11(13)16-6-9/h3,6-8,14H,4-5H2,1-2H3. The fraction of sp³-hybridized carbons (Fsp3) is 0.417. The Labute approximate surface area is 115 Å². The summed E-state index contributed by atoms with van der Waals surface area (Å²) in [5.41, 5.74) is 2.14. The number of nitrogens with one attached hydrogen (secondary N) is 1. The van der Waals surface area contributed by atoms with E-state index in [-0.39, 0.29) is 0 Å². The molecule has 2 rings (SSSR count). The topological polar surface area (TPSA) is 24.9 Å². The number of hydrogen-bond acceptors (Lipinski definition) is 4. The van der Waals surface area contributed by atoms with Gasteiger partial charge in [-0.1, -0.05) is 25.4 Å². The summed E-state index contributed by atoms with van der Waals surface area (Å²) in [6.45, 7) is 6.28. The highest BCUT2D eigenvalue weighted by Crippen LogP contribution is 2.29. The van der Waals surface area contributed by atoms with Gasteiger partial charge in [-0.05, 0) is 18.5 Å². The molecule has 92 valence electrons. The van der Waals surface area contributed by atoms with Gasteiger partial charge in [0.05, 0.1) is 10.0 Å². The molecule has 0 aliphatic rings. The Morgan fingerprint density at radius 3 is 2.82 bits per heavy atom. The van der Waals surface area contributed by atoms with Crippen LogP contribution in [0.25, 0.3) is 11.3 Å². The first-order valence-electron chi connectivity index (χ1n) is 5.54. The van der Waals surface area contributed by atoms with E-state index in [2.05, 4.69) is 29.5 Å². The van der Waals surface area contributed by atoms with Gasteiger partial charge in [0.15, 0.2) is 0 Å². The van der Waals surface area contributed by atoms with Crippen LogP contribution in [0.15, 0.2) is 16.8 Å². The average molecular weight is 287 g/mol. The number of aromatic nitrogens is 1. The first-order valence-corrected chi connectivity index (χ1v) is 7.68. The molecular weight excluding hydrogens is 272 g/mol. The molecule has 0 bridgehead atoms. The first-order chi connectivity index (χ1) is 8.15. The molecule has 0 aromatic carbocycles. The summed E-state index contributed by atoms with van der Waals surface area (Å²) in [5, 5.41) is 8.66. The average Bonchev–Trinajstić information content (AvgIpc) is 2.86. The van der Waals surface area contributed by atoms with Gasteiger partial charge in [-0.25, -0.2) is 4.98 Å². The molecular formula is C12H15ClN2S2. The molecule has 5 heteroatoms. The number of thiazole rings is 1. The lowest BCUT2D eigenvalue weighted by atomic mass is 10.2. The number of nitrogens with zero attached hydrogens (tertiary/aromatic N) is 1. The molecule has 0 unspecified atom stereocenters. The Balaban J connectivity index is 1.96. The highest BCUT2D eigenvalue weighted by molar-refractivity contribution is 7.14. The van der Waals surface area contributed by atoms with Crippen molar-refractivity contribution in [3.8, 4) is 11.3 Å². The van der Waals surface area contributed by atoms with Gasteiger partial charge in [-0.3, -0.25) is 0 Å². The van der Waals surface area contributed by atoms with E-state index in [0.717, 1.165) is 33.7 Å². The Morgan fingerprint density at radius 2 is 2.18 bits per heavy atom. The molecule has 0 fully saturated rings. The molecule has 0 aliphatic carbocycles. The highest BCUT2D eigenvalue weighted by Gasteiger charge is 2.06. The Morgan fingerprint density at radius 1 is 1.35 bits per heavy atom. The SMILES string of the molecule is CC(C)CNCc1nc(-c2csc(Cl)c2)cs1. The molecule has 1 N–H and O–H groups in total. The molecule has 0 radical (unpaired) electrons. The molecule has 0 spiro atoms. The van der Waals surface area contributed by atoms with Crippen molar-refractivity contribution in [2.45, 2.75) is 20.4 Å². The second kappa shape index (κ2) is 5.96. The summed E-state index contributed by atoms with van der Waals surface area (Å²) in [6, 6.07) is 1.96. The maximum absolute atomic E-state index is 5.92. The van der Waals surface area contributed by atoms with Crippen molar-refractivity contribution in [1.82, 2.24) is 10.3 Å². The number of hydrogen-bond donors (Lipinski definition) is 1. The van der Waals surface area contributed by atoms with Gasteiger partial charge in [-0.15, -0.1) is 22.7 Å². The van der Waals surface area contributed by atoms with E-state index < -0.39 is 0 Å². The van der Waals surface area contributed by atoms with Gasteiger partial charge in [0.25, 0.3) is 0 Å². The Bertz CT molecular complexity index is 476. The van der Waals surface area contributed by atoms with E-state index in [9.17, 15) is 0 Å². The smallest absolute Gasteiger partial charge is 0.107 e. The maximum atomic E-state index is 5.92. The fourth-order valence-corrected chi connectivity index (χ4v) is 3.08. The van der Waals surface area contributed by atoms with E-state index in [1.807, 2.05) is 11.4 Å².